The van der Waals surface area contributed by atoms with Gasteiger partial charge >= 0.3 is 0 Å². The third-order valence-corrected chi connectivity index (χ3v) is 7.37. The first-order valence-electron chi connectivity index (χ1n) is 12.8. The number of ether oxygens (including phenoxy) is 2. The van der Waals surface area contributed by atoms with Crippen molar-refractivity contribution < 1.29 is 33.4 Å². The van der Waals surface area contributed by atoms with Gasteiger partial charge in [0, 0.05) is 49.8 Å². The molecular weight excluding hydrogens is 491 g/mol. The van der Waals surface area contributed by atoms with E-state index in [9.17, 15) is 23.9 Å². The first kappa shape index (κ1) is 27.7. The maximum Gasteiger partial charge on any atom is 0.254 e. The zero-order valence-electron chi connectivity index (χ0n) is 22.0. The third kappa shape index (κ3) is 5.56. The molecule has 9 nitrogen and oxygen atoms in total. The van der Waals surface area contributed by atoms with E-state index in [-0.39, 0.29) is 49.3 Å². The minimum Gasteiger partial charge on any atom is -0.505 e. The molecule has 1 saturated heterocycles. The van der Waals surface area contributed by atoms with Crippen molar-refractivity contribution in [3.63, 3.8) is 0 Å². The predicted molar refractivity (Wildman–Crippen MR) is 144 cm³/mol. The van der Waals surface area contributed by atoms with Crippen LogP contribution in [0.4, 0.5) is 4.39 Å². The summed E-state index contributed by atoms with van der Waals surface area (Å²) < 4.78 is 26.3. The van der Waals surface area contributed by atoms with Gasteiger partial charge in [0.05, 0.1) is 19.8 Å². The number of fused-ring (bicyclic) bond motifs is 1. The number of phenolic OH excluding ortho intramolecular Hbond substituents is 1. The molecule has 1 atom stereocenters. The molecule has 1 unspecified atom stereocenters. The molecule has 2 N–H and O–H groups in total. The van der Waals surface area contributed by atoms with Crippen molar-refractivity contribution in [3.05, 3.63) is 46.3 Å². The molecule has 2 heterocycles. The van der Waals surface area contributed by atoms with Crippen molar-refractivity contribution in [2.45, 2.75) is 38.6 Å². The van der Waals surface area contributed by atoms with Crippen molar-refractivity contribution in [1.82, 2.24) is 15.1 Å². The number of aromatic hydroxyl groups is 1. The molecule has 0 aliphatic carbocycles. The van der Waals surface area contributed by atoms with Crippen molar-refractivity contribution >= 4 is 44.7 Å². The molecule has 0 saturated carbocycles. The molecule has 0 bridgehead atoms. The number of phenols is 1. The molecule has 1 fully saturated rings. The number of hydrogen-bond acceptors (Lipinski definition) is 7. The number of halogens is 1. The number of hydrogen-bond donors (Lipinski definition) is 2. The molecule has 38 heavy (non-hydrogen) atoms. The van der Waals surface area contributed by atoms with Crippen LogP contribution in [-0.4, -0.2) is 88.1 Å². The molecule has 2 aromatic carbocycles. The average Bonchev–Trinajstić information content (AvgIpc) is 3.25. The van der Waals surface area contributed by atoms with Crippen molar-refractivity contribution in [2.75, 3.05) is 33.4 Å². The van der Waals surface area contributed by atoms with E-state index in [0.717, 1.165) is 18.7 Å². The number of aldehydes is 1. The molecule has 2 aliphatic rings. The summed E-state index contributed by atoms with van der Waals surface area (Å²) in [5.74, 6) is -1.19. The Hall–Kier alpha value is -3.37. The Morgan fingerprint density at radius 1 is 1.29 bits per heavy atom. The van der Waals surface area contributed by atoms with Gasteiger partial charge in [-0.15, -0.1) is 0 Å². The topological polar surface area (TPSA) is 108 Å². The summed E-state index contributed by atoms with van der Waals surface area (Å²) >= 11 is 0. The number of rotatable bonds is 10. The maximum absolute atomic E-state index is 15.0. The van der Waals surface area contributed by atoms with E-state index in [4.69, 9.17) is 9.47 Å². The first-order valence-corrected chi connectivity index (χ1v) is 12.8. The fraction of sp³-hybridized carbons (Fsp3) is 0.423. The van der Waals surface area contributed by atoms with Gasteiger partial charge in [0.1, 0.15) is 40.4 Å². The van der Waals surface area contributed by atoms with Crippen LogP contribution in [0.1, 0.15) is 39.9 Å². The third-order valence-electron chi connectivity index (χ3n) is 7.37. The number of carbonyl (C=O) groups excluding carboxylic acids is 3. The van der Waals surface area contributed by atoms with Crippen LogP contribution in [0.3, 0.4) is 0 Å². The van der Waals surface area contributed by atoms with Crippen molar-refractivity contribution in [1.29, 1.82) is 0 Å². The van der Waals surface area contributed by atoms with Crippen LogP contribution in [0.25, 0.3) is 0 Å². The largest absolute Gasteiger partial charge is 0.505 e. The Morgan fingerprint density at radius 2 is 2.03 bits per heavy atom. The van der Waals surface area contributed by atoms with E-state index in [1.165, 1.54) is 18.0 Å². The molecule has 0 spiro atoms. The number of amides is 2. The summed E-state index contributed by atoms with van der Waals surface area (Å²) in [6.45, 7) is 3.44. The minimum atomic E-state index is -0.851. The van der Waals surface area contributed by atoms with Gasteiger partial charge in [-0.25, -0.2) is 4.39 Å². The Balaban J connectivity index is 1.57. The minimum absolute atomic E-state index is 0.0239. The molecule has 2 amide bonds. The Labute approximate surface area is 223 Å². The molecule has 2 aromatic rings. The van der Waals surface area contributed by atoms with Crippen LogP contribution in [0.2, 0.25) is 0 Å². The summed E-state index contributed by atoms with van der Waals surface area (Å²) in [7, 11) is 4.88. The highest BCUT2D eigenvalue weighted by atomic mass is 19.1. The molecule has 2 aliphatic heterocycles. The lowest BCUT2D eigenvalue weighted by molar-refractivity contribution is -0.125. The highest BCUT2D eigenvalue weighted by molar-refractivity contribution is 6.52. The number of benzene rings is 2. The van der Waals surface area contributed by atoms with E-state index in [1.54, 1.807) is 21.8 Å². The van der Waals surface area contributed by atoms with Gasteiger partial charge in [-0.1, -0.05) is 17.6 Å². The Bertz CT molecular complexity index is 1240. The fourth-order valence-electron chi connectivity index (χ4n) is 5.05. The van der Waals surface area contributed by atoms with E-state index in [0.29, 0.717) is 53.7 Å². The number of nitrogens with one attached hydrogen (secondary N) is 1. The highest BCUT2D eigenvalue weighted by Crippen LogP contribution is 2.37. The quantitative estimate of drug-likeness (QED) is 0.289. The lowest BCUT2D eigenvalue weighted by atomic mass is 9.75. The summed E-state index contributed by atoms with van der Waals surface area (Å²) in [4.78, 5) is 40.6. The second-order valence-corrected chi connectivity index (χ2v) is 9.69. The second-order valence-electron chi connectivity index (χ2n) is 9.69. The van der Waals surface area contributed by atoms with E-state index in [1.807, 2.05) is 6.07 Å². The second kappa shape index (κ2) is 12.0. The van der Waals surface area contributed by atoms with Crippen molar-refractivity contribution in [2.24, 2.45) is 0 Å². The van der Waals surface area contributed by atoms with Crippen molar-refractivity contribution in [3.8, 4) is 11.5 Å². The number of carbonyl (C=O) groups is 3. The van der Waals surface area contributed by atoms with Gasteiger partial charge < -0.3 is 29.6 Å². The van der Waals surface area contributed by atoms with Gasteiger partial charge in [0.2, 0.25) is 5.91 Å². The zero-order chi connectivity index (χ0) is 27.4. The monoisotopic (exact) mass is 523 g/mol. The van der Waals surface area contributed by atoms with Gasteiger partial charge in [0.25, 0.3) is 5.91 Å². The standard InChI is InChI=1S/C26H32B2FN3O6/c1-30-25(35)19(3-2-8-33)32-13-17-20(26(32)36)21(27)22(28)23(34)24(17)38-14-16-5-4-15(11-18(16)29)12-31-6-9-37-10-7-31/h4-5,8,11,19,34H,2-3,6-7,9-10,12-14,27-28H2,1H3,(H,30,35). The van der Waals surface area contributed by atoms with Crippen LogP contribution in [0.5, 0.6) is 11.5 Å². The number of morpholine rings is 1. The molecular formula is C26H32B2FN3O6. The Kier molecular flexibility index (Phi) is 8.73. The van der Waals surface area contributed by atoms with Crippen LogP contribution >= 0.6 is 0 Å². The van der Waals surface area contributed by atoms with Gasteiger partial charge in [-0.3, -0.25) is 14.5 Å². The normalized spacial score (nSPS) is 16.3. The maximum atomic E-state index is 15.0. The van der Waals surface area contributed by atoms with E-state index < -0.39 is 11.9 Å². The van der Waals surface area contributed by atoms with Gasteiger partial charge in [-0.2, -0.15) is 0 Å². The zero-order valence-corrected chi connectivity index (χ0v) is 22.0. The Morgan fingerprint density at radius 3 is 2.68 bits per heavy atom. The SMILES string of the molecule is Bc1c(B)c2c(c(OCc3ccc(CN4CCOCC4)cc3F)c1O)CN(C(CCC=O)C(=O)NC)C2=O. The average molecular weight is 523 g/mol. The molecule has 0 aromatic heterocycles. The summed E-state index contributed by atoms with van der Waals surface area (Å²) in [5, 5.41) is 13.5. The molecule has 4 rings (SSSR count). The number of likely N-dealkylation sites (N-methyl/N-ethyl adjacent to an activating group) is 1. The summed E-state index contributed by atoms with van der Waals surface area (Å²) in [6, 6.07) is 4.16. The predicted octanol–water partition coefficient (Wildman–Crippen LogP) is -1.49. The summed E-state index contributed by atoms with van der Waals surface area (Å²) in [6.07, 6.45) is 0.997. The summed E-state index contributed by atoms with van der Waals surface area (Å²) in [5.41, 5.74) is 3.02. The van der Waals surface area contributed by atoms with Crippen LogP contribution < -0.4 is 21.0 Å². The molecule has 0 radical (unpaired) electrons. The van der Waals surface area contributed by atoms with Crippen LogP contribution in [0, 0.1) is 5.82 Å². The molecule has 12 heteroatoms. The van der Waals surface area contributed by atoms with Crippen LogP contribution in [-0.2, 0) is 34.0 Å². The fourth-order valence-corrected chi connectivity index (χ4v) is 5.05. The lowest BCUT2D eigenvalue weighted by Gasteiger charge is -2.26. The van der Waals surface area contributed by atoms with Gasteiger partial charge in [-0.05, 0) is 23.5 Å². The lowest BCUT2D eigenvalue weighted by Crippen LogP contribution is -2.46. The van der Waals surface area contributed by atoms with Crippen LogP contribution in [0.15, 0.2) is 18.2 Å². The number of nitrogens with zero attached hydrogens (tertiary/aromatic N) is 2. The van der Waals surface area contributed by atoms with E-state index >= 15 is 0 Å². The smallest absolute Gasteiger partial charge is 0.254 e. The molecule has 200 valence electrons. The highest BCUT2D eigenvalue weighted by Gasteiger charge is 2.40. The van der Waals surface area contributed by atoms with Gasteiger partial charge in [0.15, 0.2) is 11.5 Å². The van der Waals surface area contributed by atoms with E-state index in [2.05, 4.69) is 10.2 Å². The first-order chi connectivity index (χ1) is 18.3.